The van der Waals surface area contributed by atoms with E-state index in [0.29, 0.717) is 25.1 Å². The molecule has 13 heteroatoms. The Kier molecular flexibility index (Phi) is 10.8. The Morgan fingerprint density at radius 1 is 0.978 bits per heavy atom. The number of fused-ring (bicyclic) bond motifs is 1. The number of nitrogens with one attached hydrogen (secondary N) is 4. The SMILES string of the molecule is C=C(C)[C@@H](COC(=O)NCC)NC(=O)N[C@H](C(=O)N1C[C@H]2[C@@H]([C@H]1C(=O)NC(CC1CC1)C(=O)C(N)=O)C2(C)C)C1CCCCC1. The van der Waals surface area contributed by atoms with Crippen molar-refractivity contribution in [2.24, 2.45) is 34.8 Å². The number of carbonyl (C=O) groups excluding carboxylic acids is 6. The van der Waals surface area contributed by atoms with Crippen LogP contribution in [0.5, 0.6) is 0 Å². The van der Waals surface area contributed by atoms with Gasteiger partial charge in [-0.1, -0.05) is 58.1 Å². The highest BCUT2D eigenvalue weighted by molar-refractivity contribution is 6.37. The second-order valence-electron chi connectivity index (χ2n) is 13.9. The quantitative estimate of drug-likeness (QED) is 0.143. The van der Waals surface area contributed by atoms with Crippen molar-refractivity contribution in [2.45, 2.75) is 103 Å². The van der Waals surface area contributed by atoms with Crippen LogP contribution in [0.3, 0.4) is 0 Å². The minimum atomic E-state index is -1.10. The normalized spacial score (nSPS) is 25.5. The number of likely N-dealkylation sites (tertiary alicyclic amines) is 1. The first-order chi connectivity index (χ1) is 21.3. The predicted molar refractivity (Wildman–Crippen MR) is 165 cm³/mol. The summed E-state index contributed by atoms with van der Waals surface area (Å²) in [7, 11) is 0. The van der Waals surface area contributed by atoms with E-state index in [1.807, 2.05) is 0 Å². The summed E-state index contributed by atoms with van der Waals surface area (Å²) in [6, 6.07) is -4.04. The van der Waals surface area contributed by atoms with Gasteiger partial charge in [-0.25, -0.2) is 9.59 Å². The molecule has 3 aliphatic carbocycles. The Hall–Kier alpha value is -3.64. The molecule has 0 bridgehead atoms. The van der Waals surface area contributed by atoms with Crippen molar-refractivity contribution in [2.75, 3.05) is 19.7 Å². The predicted octanol–water partition coefficient (Wildman–Crippen LogP) is 1.75. The Morgan fingerprint density at radius 2 is 1.64 bits per heavy atom. The molecule has 1 unspecified atom stereocenters. The molecule has 6 N–H and O–H groups in total. The van der Waals surface area contributed by atoms with E-state index >= 15 is 0 Å². The maximum Gasteiger partial charge on any atom is 0.407 e. The van der Waals surface area contributed by atoms with Gasteiger partial charge in [0.1, 0.15) is 18.7 Å². The van der Waals surface area contributed by atoms with Crippen LogP contribution in [0.15, 0.2) is 12.2 Å². The number of alkyl carbamates (subject to hydrolysis) is 1. The maximum atomic E-state index is 14.4. The molecule has 4 aliphatic rings. The number of Topliss-reactive ketones (excluding diaryl/α,β-unsaturated/α-hetero) is 1. The van der Waals surface area contributed by atoms with Crippen molar-refractivity contribution >= 4 is 35.6 Å². The lowest BCUT2D eigenvalue weighted by Gasteiger charge is -2.37. The third-order valence-electron chi connectivity index (χ3n) is 10.2. The Labute approximate surface area is 265 Å². The molecule has 1 aliphatic heterocycles. The number of rotatable bonds is 14. The lowest BCUT2D eigenvalue weighted by atomic mass is 9.83. The molecule has 3 saturated carbocycles. The van der Waals surface area contributed by atoms with Crippen molar-refractivity contribution in [3.8, 4) is 0 Å². The number of urea groups is 1. The second kappa shape index (κ2) is 14.2. The molecule has 0 aromatic rings. The van der Waals surface area contributed by atoms with Crippen molar-refractivity contribution in [1.29, 1.82) is 0 Å². The summed E-state index contributed by atoms with van der Waals surface area (Å²) >= 11 is 0. The number of ketones is 1. The van der Waals surface area contributed by atoms with Gasteiger partial charge in [-0.3, -0.25) is 19.2 Å². The molecule has 6 amide bonds. The lowest BCUT2D eigenvalue weighted by Crippen LogP contribution is -2.61. The van der Waals surface area contributed by atoms with E-state index < -0.39 is 53.9 Å². The van der Waals surface area contributed by atoms with Gasteiger partial charge in [0.2, 0.25) is 17.6 Å². The van der Waals surface area contributed by atoms with E-state index in [0.717, 1.165) is 44.9 Å². The molecule has 0 radical (unpaired) electrons. The van der Waals surface area contributed by atoms with Crippen molar-refractivity contribution in [1.82, 2.24) is 26.2 Å². The van der Waals surface area contributed by atoms with Crippen LogP contribution in [-0.2, 0) is 23.9 Å². The van der Waals surface area contributed by atoms with E-state index in [4.69, 9.17) is 10.5 Å². The fourth-order valence-corrected chi connectivity index (χ4v) is 7.19. The summed E-state index contributed by atoms with van der Waals surface area (Å²) in [4.78, 5) is 79.3. The van der Waals surface area contributed by atoms with Gasteiger partial charge in [0.25, 0.3) is 5.91 Å². The topological polar surface area (TPSA) is 189 Å². The number of nitrogens with two attached hydrogens (primary N) is 1. The van der Waals surface area contributed by atoms with Crippen molar-refractivity contribution in [3.63, 3.8) is 0 Å². The van der Waals surface area contributed by atoms with Crippen LogP contribution < -0.4 is 27.0 Å². The second-order valence-corrected chi connectivity index (χ2v) is 13.9. The molecule has 0 aromatic carbocycles. The third-order valence-corrected chi connectivity index (χ3v) is 10.2. The van der Waals surface area contributed by atoms with Crippen LogP contribution in [0.1, 0.15) is 79.1 Å². The summed E-state index contributed by atoms with van der Waals surface area (Å²) in [6.45, 7) is 12.1. The van der Waals surface area contributed by atoms with Gasteiger partial charge in [-0.05, 0) is 62.2 Å². The Bertz CT molecular complexity index is 1190. The first kappa shape index (κ1) is 34.2. The van der Waals surface area contributed by atoms with Crippen LogP contribution >= 0.6 is 0 Å². The molecule has 4 fully saturated rings. The van der Waals surface area contributed by atoms with Crippen LogP contribution in [-0.4, -0.2) is 84.4 Å². The number of carbonyl (C=O) groups is 6. The highest BCUT2D eigenvalue weighted by Gasteiger charge is 2.69. The molecule has 1 saturated heterocycles. The van der Waals surface area contributed by atoms with Crippen molar-refractivity contribution in [3.05, 3.63) is 12.2 Å². The zero-order chi connectivity index (χ0) is 33.1. The molecule has 250 valence electrons. The first-order valence-electron chi connectivity index (χ1n) is 16.3. The third kappa shape index (κ3) is 8.15. The minimum absolute atomic E-state index is 0.0889. The number of amides is 6. The molecule has 4 rings (SSSR count). The molecule has 0 aromatic heterocycles. The van der Waals surface area contributed by atoms with Gasteiger partial charge in [0.15, 0.2) is 0 Å². The molecule has 13 nitrogen and oxygen atoms in total. The van der Waals surface area contributed by atoms with Gasteiger partial charge < -0.3 is 36.6 Å². The van der Waals surface area contributed by atoms with E-state index in [9.17, 15) is 28.8 Å². The zero-order valence-electron chi connectivity index (χ0n) is 27.0. The number of piperidine rings is 1. The van der Waals surface area contributed by atoms with Gasteiger partial charge in [0, 0.05) is 13.1 Å². The average molecular weight is 631 g/mol. The summed E-state index contributed by atoms with van der Waals surface area (Å²) < 4.78 is 5.20. The summed E-state index contributed by atoms with van der Waals surface area (Å²) in [5.41, 5.74) is 5.69. The number of hydrogen-bond acceptors (Lipinski definition) is 7. The molecule has 6 atom stereocenters. The number of hydrogen-bond donors (Lipinski definition) is 5. The van der Waals surface area contributed by atoms with E-state index in [2.05, 4.69) is 41.7 Å². The first-order valence-corrected chi connectivity index (χ1v) is 16.3. The van der Waals surface area contributed by atoms with Crippen LogP contribution in [0.25, 0.3) is 0 Å². The fourth-order valence-electron chi connectivity index (χ4n) is 7.19. The Balaban J connectivity index is 1.51. The van der Waals surface area contributed by atoms with Crippen LogP contribution in [0.2, 0.25) is 0 Å². The zero-order valence-corrected chi connectivity index (χ0v) is 27.0. The van der Waals surface area contributed by atoms with Gasteiger partial charge in [-0.15, -0.1) is 0 Å². The van der Waals surface area contributed by atoms with E-state index in [1.165, 1.54) is 0 Å². The largest absolute Gasteiger partial charge is 0.447 e. The number of nitrogens with zero attached hydrogens (tertiary/aromatic N) is 1. The maximum absolute atomic E-state index is 14.4. The summed E-state index contributed by atoms with van der Waals surface area (Å²) in [5.74, 6) is -2.65. The van der Waals surface area contributed by atoms with Gasteiger partial charge in [-0.2, -0.15) is 0 Å². The highest BCUT2D eigenvalue weighted by atomic mass is 16.5. The molecule has 1 heterocycles. The molecule has 0 spiro atoms. The summed E-state index contributed by atoms with van der Waals surface area (Å²) in [5, 5.41) is 11.0. The Morgan fingerprint density at radius 3 is 2.22 bits per heavy atom. The van der Waals surface area contributed by atoms with E-state index in [-0.39, 0.29) is 41.6 Å². The molecular formula is C32H50N6O7. The molecule has 45 heavy (non-hydrogen) atoms. The van der Waals surface area contributed by atoms with Crippen LogP contribution in [0.4, 0.5) is 9.59 Å². The van der Waals surface area contributed by atoms with Gasteiger partial charge >= 0.3 is 12.1 Å². The highest BCUT2D eigenvalue weighted by Crippen LogP contribution is 2.65. The number of primary amides is 1. The van der Waals surface area contributed by atoms with Crippen LogP contribution in [0, 0.1) is 29.1 Å². The minimum Gasteiger partial charge on any atom is -0.447 e. The number of ether oxygens (including phenoxy) is 1. The lowest BCUT2D eigenvalue weighted by molar-refractivity contribution is -0.144. The van der Waals surface area contributed by atoms with Gasteiger partial charge in [0.05, 0.1) is 12.1 Å². The van der Waals surface area contributed by atoms with Crippen molar-refractivity contribution < 1.29 is 33.5 Å². The van der Waals surface area contributed by atoms with E-state index in [1.54, 1.807) is 18.7 Å². The fraction of sp³-hybridized carbons (Fsp3) is 0.750. The summed E-state index contributed by atoms with van der Waals surface area (Å²) in [6.07, 6.45) is 5.96. The standard InChI is InChI=1S/C32H50N6O7/c1-6-34-31(44)45-16-22(17(2)3)36-30(43)37-24(19-10-8-7-9-11-19)29(42)38-15-20-23(32(20,4)5)25(38)28(41)35-21(14-18-12-13-18)26(39)27(33)40/h18-25H,2,6-16H2,1,3-5H3,(H2,33,40)(H,34,44)(H,35,41)(H2,36,37,43)/t20-,21?,22+,23-,24-,25-/m0/s1. The molecular weight excluding hydrogens is 580 g/mol. The average Bonchev–Trinajstić information content (AvgIpc) is 3.84. The smallest absolute Gasteiger partial charge is 0.407 e. The monoisotopic (exact) mass is 630 g/mol.